The van der Waals surface area contributed by atoms with Crippen LogP contribution >= 0.6 is 11.8 Å². The monoisotopic (exact) mass is 581 g/mol. The maximum atomic E-state index is 13.6. The van der Waals surface area contributed by atoms with Crippen LogP contribution in [0.25, 0.3) is 28.6 Å². The average molecular weight is 582 g/mol. The molecule has 1 unspecified atom stereocenters. The molecule has 6 rings (SSSR count). The number of benzene rings is 5. The van der Waals surface area contributed by atoms with Gasteiger partial charge in [0, 0.05) is 27.9 Å². The summed E-state index contributed by atoms with van der Waals surface area (Å²) in [6.45, 7) is 0. The number of thioether (sulfide) groups is 1. The van der Waals surface area contributed by atoms with E-state index in [1.165, 1.54) is 17.8 Å². The van der Waals surface area contributed by atoms with Gasteiger partial charge in [0.2, 0.25) is 17.7 Å². The molecular formula is C36H27N3O3S. The van der Waals surface area contributed by atoms with E-state index in [2.05, 4.69) is 15.6 Å². The molecule has 2 N–H and O–H groups in total. The highest BCUT2D eigenvalue weighted by Gasteiger charge is 2.22. The smallest absolute Gasteiger partial charge is 0.248 e. The number of anilines is 2. The molecule has 5 aromatic carbocycles. The van der Waals surface area contributed by atoms with Gasteiger partial charge in [-0.3, -0.25) is 9.59 Å². The SMILES string of the molecule is O=C(/C=C/c1ccccc1)Nc1cccc(SC(C(=O)Nc2ccc(-c3nc4ccccc4o3)cc2)c2ccccc2)c1. The Balaban J connectivity index is 1.16. The van der Waals surface area contributed by atoms with E-state index in [-0.39, 0.29) is 11.8 Å². The summed E-state index contributed by atoms with van der Waals surface area (Å²) in [7, 11) is 0. The minimum absolute atomic E-state index is 0.161. The van der Waals surface area contributed by atoms with Crippen molar-refractivity contribution in [3.63, 3.8) is 0 Å². The van der Waals surface area contributed by atoms with Crippen molar-refractivity contribution in [1.82, 2.24) is 4.98 Å². The van der Waals surface area contributed by atoms with Gasteiger partial charge in [-0.25, -0.2) is 4.98 Å². The fourth-order valence-corrected chi connectivity index (χ4v) is 5.59. The topological polar surface area (TPSA) is 84.2 Å². The molecule has 1 aromatic heterocycles. The number of nitrogens with zero attached hydrogens (tertiary/aromatic N) is 1. The molecule has 0 fully saturated rings. The number of nitrogens with one attached hydrogen (secondary N) is 2. The molecule has 0 aliphatic rings. The van der Waals surface area contributed by atoms with Crippen LogP contribution in [-0.2, 0) is 9.59 Å². The molecule has 0 aliphatic heterocycles. The second-order valence-electron chi connectivity index (χ2n) is 9.72. The minimum atomic E-state index is -0.526. The standard InChI is InChI=1S/C36H27N3O3S/c40-33(23-18-25-10-3-1-4-11-25)37-29-14-9-15-30(24-29)43-34(26-12-5-2-6-13-26)35(41)38-28-21-19-27(20-22-28)36-39-31-16-7-8-17-32(31)42-36/h1-24,34H,(H,37,40)(H,38,41)/b23-18+. The summed E-state index contributed by atoms with van der Waals surface area (Å²) in [5.74, 6) is 0.134. The number of hydrogen-bond acceptors (Lipinski definition) is 5. The average Bonchev–Trinajstić information content (AvgIpc) is 3.49. The number of oxazole rings is 1. The molecule has 6 nitrogen and oxygen atoms in total. The summed E-state index contributed by atoms with van der Waals surface area (Å²) in [6, 6.07) is 41.8. The maximum Gasteiger partial charge on any atom is 0.248 e. The highest BCUT2D eigenvalue weighted by molar-refractivity contribution is 8.00. The molecule has 0 radical (unpaired) electrons. The first kappa shape index (κ1) is 27.8. The summed E-state index contributed by atoms with van der Waals surface area (Å²) >= 11 is 1.42. The van der Waals surface area contributed by atoms with Gasteiger partial charge in [0.15, 0.2) is 5.58 Å². The van der Waals surface area contributed by atoms with E-state index in [9.17, 15) is 9.59 Å². The normalized spacial score (nSPS) is 11.8. The first-order chi connectivity index (χ1) is 21.1. The zero-order valence-electron chi connectivity index (χ0n) is 23.0. The van der Waals surface area contributed by atoms with E-state index < -0.39 is 5.25 Å². The molecule has 1 heterocycles. The van der Waals surface area contributed by atoms with E-state index in [1.54, 1.807) is 6.08 Å². The van der Waals surface area contributed by atoms with Crippen molar-refractivity contribution < 1.29 is 14.0 Å². The first-order valence-electron chi connectivity index (χ1n) is 13.7. The Labute approximate surface area is 253 Å². The number of para-hydroxylation sites is 2. The molecule has 1 atom stereocenters. The number of carbonyl (C=O) groups excluding carboxylic acids is 2. The summed E-state index contributed by atoms with van der Waals surface area (Å²) in [6.07, 6.45) is 3.27. The molecule has 2 amide bonds. The van der Waals surface area contributed by atoms with Gasteiger partial charge in [0.1, 0.15) is 10.8 Å². The molecule has 0 aliphatic carbocycles. The largest absolute Gasteiger partial charge is 0.436 e. The van der Waals surface area contributed by atoms with Crippen molar-refractivity contribution in [3.05, 3.63) is 151 Å². The highest BCUT2D eigenvalue weighted by Crippen LogP contribution is 2.37. The van der Waals surface area contributed by atoms with E-state index in [1.807, 2.05) is 133 Å². The van der Waals surface area contributed by atoms with Crippen molar-refractivity contribution in [2.75, 3.05) is 10.6 Å². The van der Waals surface area contributed by atoms with Gasteiger partial charge in [-0.15, -0.1) is 11.8 Å². The van der Waals surface area contributed by atoms with Gasteiger partial charge in [-0.05, 0) is 71.8 Å². The Hall–Kier alpha value is -5.40. The Morgan fingerprint density at radius 1 is 0.721 bits per heavy atom. The lowest BCUT2D eigenvalue weighted by atomic mass is 10.1. The maximum absolute atomic E-state index is 13.6. The lowest BCUT2D eigenvalue weighted by Crippen LogP contribution is -2.19. The Morgan fingerprint density at radius 2 is 1.44 bits per heavy atom. The fourth-order valence-electron chi connectivity index (χ4n) is 4.50. The van der Waals surface area contributed by atoms with Crippen molar-refractivity contribution in [2.24, 2.45) is 0 Å². The molecule has 43 heavy (non-hydrogen) atoms. The quantitative estimate of drug-likeness (QED) is 0.132. The molecule has 7 heteroatoms. The number of amides is 2. The first-order valence-corrected chi connectivity index (χ1v) is 14.6. The molecule has 0 spiro atoms. The van der Waals surface area contributed by atoms with Crippen LogP contribution in [0.15, 0.2) is 149 Å². The van der Waals surface area contributed by atoms with Crippen LogP contribution < -0.4 is 10.6 Å². The lowest BCUT2D eigenvalue weighted by Gasteiger charge is -2.18. The van der Waals surface area contributed by atoms with Crippen LogP contribution in [0, 0.1) is 0 Å². The Morgan fingerprint density at radius 3 is 2.21 bits per heavy atom. The number of hydrogen-bond donors (Lipinski definition) is 2. The molecule has 0 bridgehead atoms. The second-order valence-corrected chi connectivity index (χ2v) is 10.9. The summed E-state index contributed by atoms with van der Waals surface area (Å²) < 4.78 is 5.87. The van der Waals surface area contributed by atoms with Crippen LogP contribution in [-0.4, -0.2) is 16.8 Å². The number of fused-ring (bicyclic) bond motifs is 1. The fraction of sp³-hybridized carbons (Fsp3) is 0.0278. The van der Waals surface area contributed by atoms with Crippen LogP contribution in [0.2, 0.25) is 0 Å². The van der Waals surface area contributed by atoms with E-state index in [0.717, 1.165) is 32.7 Å². The third-order valence-corrected chi connectivity index (χ3v) is 7.86. The lowest BCUT2D eigenvalue weighted by molar-refractivity contribution is -0.116. The molecule has 6 aromatic rings. The zero-order chi connectivity index (χ0) is 29.4. The zero-order valence-corrected chi connectivity index (χ0v) is 23.8. The van der Waals surface area contributed by atoms with E-state index >= 15 is 0 Å². The third kappa shape index (κ3) is 7.09. The molecule has 0 saturated carbocycles. The van der Waals surface area contributed by atoms with Crippen molar-refractivity contribution >= 4 is 52.1 Å². The van der Waals surface area contributed by atoms with Crippen LogP contribution in [0.5, 0.6) is 0 Å². The van der Waals surface area contributed by atoms with Crippen LogP contribution in [0.1, 0.15) is 16.4 Å². The van der Waals surface area contributed by atoms with Crippen molar-refractivity contribution in [2.45, 2.75) is 10.1 Å². The van der Waals surface area contributed by atoms with Crippen molar-refractivity contribution in [3.8, 4) is 11.5 Å². The Kier molecular flexibility index (Phi) is 8.43. The number of aromatic nitrogens is 1. The highest BCUT2D eigenvalue weighted by atomic mass is 32.2. The van der Waals surface area contributed by atoms with Gasteiger partial charge < -0.3 is 15.1 Å². The van der Waals surface area contributed by atoms with Gasteiger partial charge in [-0.2, -0.15) is 0 Å². The molecule has 210 valence electrons. The van der Waals surface area contributed by atoms with Crippen LogP contribution in [0.4, 0.5) is 11.4 Å². The minimum Gasteiger partial charge on any atom is -0.436 e. The van der Waals surface area contributed by atoms with Gasteiger partial charge >= 0.3 is 0 Å². The molecule has 0 saturated heterocycles. The van der Waals surface area contributed by atoms with E-state index in [4.69, 9.17) is 4.42 Å². The number of rotatable bonds is 9. The summed E-state index contributed by atoms with van der Waals surface area (Å²) in [5.41, 5.74) is 5.47. The van der Waals surface area contributed by atoms with Crippen molar-refractivity contribution in [1.29, 1.82) is 0 Å². The second kappa shape index (κ2) is 13.1. The van der Waals surface area contributed by atoms with Crippen LogP contribution in [0.3, 0.4) is 0 Å². The summed E-state index contributed by atoms with van der Waals surface area (Å²) in [5, 5.41) is 5.44. The number of carbonyl (C=O) groups is 2. The van der Waals surface area contributed by atoms with Gasteiger partial charge in [-0.1, -0.05) is 78.9 Å². The third-order valence-electron chi connectivity index (χ3n) is 6.62. The Bertz CT molecular complexity index is 1850. The predicted molar refractivity (Wildman–Crippen MR) is 174 cm³/mol. The predicted octanol–water partition coefficient (Wildman–Crippen LogP) is 8.62. The van der Waals surface area contributed by atoms with E-state index in [0.29, 0.717) is 17.3 Å². The summed E-state index contributed by atoms with van der Waals surface area (Å²) in [4.78, 5) is 31.6. The van der Waals surface area contributed by atoms with Gasteiger partial charge in [0.05, 0.1) is 0 Å². The van der Waals surface area contributed by atoms with Gasteiger partial charge in [0.25, 0.3) is 0 Å². The molecular weight excluding hydrogens is 554 g/mol.